The van der Waals surface area contributed by atoms with E-state index in [0.717, 1.165) is 5.06 Å². The molecule has 3 N–H and O–H groups in total. The van der Waals surface area contributed by atoms with Crippen LogP contribution < -0.4 is 11.1 Å². The summed E-state index contributed by atoms with van der Waals surface area (Å²) in [5, 5.41) is 3.56. The number of benzene rings is 1. The molecule has 6 nitrogen and oxygen atoms in total. The Morgan fingerprint density at radius 3 is 2.80 bits per heavy atom. The number of carbonyl (C=O) groups excluding carboxylic acids is 2. The molecule has 0 bridgehead atoms. The molecule has 108 valence electrons. The van der Waals surface area contributed by atoms with Crippen molar-refractivity contribution >= 4 is 23.6 Å². The second-order valence-electron chi connectivity index (χ2n) is 4.07. The first kappa shape index (κ1) is 15.7. The van der Waals surface area contributed by atoms with Gasteiger partial charge in [0.25, 0.3) is 5.91 Å². The van der Waals surface area contributed by atoms with E-state index in [1.807, 2.05) is 0 Å². The normalized spacial score (nSPS) is 9.90. The van der Waals surface area contributed by atoms with Gasteiger partial charge in [-0.25, -0.2) is 5.06 Å². The van der Waals surface area contributed by atoms with Crippen molar-refractivity contribution in [1.29, 1.82) is 0 Å². The van der Waals surface area contributed by atoms with Crippen LogP contribution in [0.25, 0.3) is 6.08 Å². The van der Waals surface area contributed by atoms with Gasteiger partial charge in [0, 0.05) is 25.3 Å². The van der Waals surface area contributed by atoms with Gasteiger partial charge in [0.1, 0.15) is 0 Å². The molecule has 0 atom stereocenters. The predicted molar refractivity (Wildman–Crippen MR) is 77.7 cm³/mol. The fourth-order valence-electron chi connectivity index (χ4n) is 1.63. The Kier molecular flexibility index (Phi) is 5.74. The summed E-state index contributed by atoms with van der Waals surface area (Å²) in [6, 6.07) is 5.03. The van der Waals surface area contributed by atoms with E-state index in [1.54, 1.807) is 25.2 Å². The quantitative estimate of drug-likeness (QED) is 0.601. The van der Waals surface area contributed by atoms with Gasteiger partial charge in [0.2, 0.25) is 5.91 Å². The highest BCUT2D eigenvalue weighted by atomic mass is 16.7. The van der Waals surface area contributed by atoms with E-state index in [-0.39, 0.29) is 24.8 Å². The van der Waals surface area contributed by atoms with E-state index < -0.39 is 0 Å². The predicted octanol–water partition coefficient (Wildman–Crippen LogP) is 1.05. The summed E-state index contributed by atoms with van der Waals surface area (Å²) in [5.74, 6) is -0.495. The molecule has 0 aliphatic heterocycles. The number of anilines is 1. The van der Waals surface area contributed by atoms with Crippen molar-refractivity contribution in [2.24, 2.45) is 0 Å². The molecule has 0 aliphatic carbocycles. The van der Waals surface area contributed by atoms with Crippen molar-refractivity contribution in [3.05, 3.63) is 35.9 Å². The minimum Gasteiger partial charge on any atom is -0.398 e. The molecule has 0 aliphatic rings. The third-order valence-corrected chi connectivity index (χ3v) is 2.75. The maximum Gasteiger partial charge on any atom is 0.277 e. The summed E-state index contributed by atoms with van der Waals surface area (Å²) in [6.07, 6.45) is 1.71. The molecule has 1 aromatic carbocycles. The van der Waals surface area contributed by atoms with Gasteiger partial charge in [-0.05, 0) is 12.1 Å². The average Bonchev–Trinajstić information content (AvgIpc) is 2.45. The molecule has 0 unspecified atom stereocenters. The molecule has 1 aromatic rings. The summed E-state index contributed by atoms with van der Waals surface area (Å²) in [6.45, 7) is 3.76. The number of nitrogen functional groups attached to an aromatic ring is 1. The number of nitrogens with two attached hydrogens (primary N) is 1. The van der Waals surface area contributed by atoms with E-state index in [0.29, 0.717) is 16.8 Å². The summed E-state index contributed by atoms with van der Waals surface area (Å²) in [5.41, 5.74) is 7.24. The SMILES string of the molecule is C=Cc1c(N)cccc1C(=O)N(C)OCCC(=O)NC. The van der Waals surface area contributed by atoms with Crippen LogP contribution in [0.2, 0.25) is 0 Å². The number of hydrogen-bond acceptors (Lipinski definition) is 4. The van der Waals surface area contributed by atoms with Crippen molar-refractivity contribution in [3.63, 3.8) is 0 Å². The molecule has 0 heterocycles. The van der Waals surface area contributed by atoms with Crippen LogP contribution in [0, 0.1) is 0 Å². The largest absolute Gasteiger partial charge is 0.398 e. The molecular formula is C14H19N3O3. The molecule has 0 aromatic heterocycles. The summed E-state index contributed by atoms with van der Waals surface area (Å²) >= 11 is 0. The Morgan fingerprint density at radius 2 is 2.20 bits per heavy atom. The zero-order valence-corrected chi connectivity index (χ0v) is 11.7. The number of nitrogens with zero attached hydrogens (tertiary/aromatic N) is 1. The highest BCUT2D eigenvalue weighted by Gasteiger charge is 2.16. The standard InChI is InChI=1S/C14H19N3O3/c1-4-10-11(6-5-7-12(10)15)14(19)17(3)20-9-8-13(18)16-2/h4-7H,1,8-9,15H2,2-3H3,(H,16,18). The van der Waals surface area contributed by atoms with Gasteiger partial charge in [0.15, 0.2) is 0 Å². The van der Waals surface area contributed by atoms with E-state index >= 15 is 0 Å². The highest BCUT2D eigenvalue weighted by Crippen LogP contribution is 2.19. The zero-order valence-electron chi connectivity index (χ0n) is 11.7. The lowest BCUT2D eigenvalue weighted by molar-refractivity contribution is -0.130. The monoisotopic (exact) mass is 277 g/mol. The lowest BCUT2D eigenvalue weighted by Crippen LogP contribution is -2.29. The third kappa shape index (κ3) is 3.83. The van der Waals surface area contributed by atoms with Crippen LogP contribution >= 0.6 is 0 Å². The average molecular weight is 277 g/mol. The Bertz CT molecular complexity index is 514. The van der Waals surface area contributed by atoms with Crippen LogP contribution in [0.15, 0.2) is 24.8 Å². The molecular weight excluding hydrogens is 258 g/mol. The van der Waals surface area contributed by atoms with Gasteiger partial charge in [-0.15, -0.1) is 0 Å². The molecule has 0 spiro atoms. The number of hydrogen-bond donors (Lipinski definition) is 2. The second-order valence-corrected chi connectivity index (χ2v) is 4.07. The lowest BCUT2D eigenvalue weighted by Gasteiger charge is -2.18. The number of hydroxylamine groups is 2. The Morgan fingerprint density at radius 1 is 1.50 bits per heavy atom. The van der Waals surface area contributed by atoms with Crippen LogP contribution in [0.5, 0.6) is 0 Å². The van der Waals surface area contributed by atoms with Crippen molar-refractivity contribution < 1.29 is 14.4 Å². The van der Waals surface area contributed by atoms with Crippen molar-refractivity contribution in [1.82, 2.24) is 10.4 Å². The highest BCUT2D eigenvalue weighted by molar-refractivity contribution is 5.98. The number of carbonyl (C=O) groups is 2. The zero-order chi connectivity index (χ0) is 15.1. The third-order valence-electron chi connectivity index (χ3n) is 2.75. The minimum atomic E-state index is -0.343. The van der Waals surface area contributed by atoms with E-state index in [4.69, 9.17) is 10.6 Å². The second kappa shape index (κ2) is 7.30. The van der Waals surface area contributed by atoms with Crippen molar-refractivity contribution in [2.75, 3.05) is 26.4 Å². The number of rotatable bonds is 6. The summed E-state index contributed by atoms with van der Waals surface area (Å²) in [7, 11) is 3.03. The fraction of sp³-hybridized carbons (Fsp3) is 0.286. The number of amides is 2. The van der Waals surface area contributed by atoms with Crippen molar-refractivity contribution in [3.8, 4) is 0 Å². The van der Waals surface area contributed by atoms with Crippen LogP contribution in [-0.4, -0.2) is 37.6 Å². The van der Waals surface area contributed by atoms with Crippen LogP contribution in [-0.2, 0) is 9.63 Å². The van der Waals surface area contributed by atoms with E-state index in [2.05, 4.69) is 11.9 Å². The van der Waals surface area contributed by atoms with Gasteiger partial charge in [-0.3, -0.25) is 14.4 Å². The Hall–Kier alpha value is -2.34. The molecule has 20 heavy (non-hydrogen) atoms. The van der Waals surface area contributed by atoms with E-state index in [9.17, 15) is 9.59 Å². The van der Waals surface area contributed by atoms with Gasteiger partial charge < -0.3 is 11.1 Å². The maximum absolute atomic E-state index is 12.2. The lowest BCUT2D eigenvalue weighted by atomic mass is 10.0. The van der Waals surface area contributed by atoms with Crippen LogP contribution in [0.4, 0.5) is 5.69 Å². The van der Waals surface area contributed by atoms with Gasteiger partial charge >= 0.3 is 0 Å². The molecule has 2 amide bonds. The van der Waals surface area contributed by atoms with Gasteiger partial charge in [0.05, 0.1) is 18.6 Å². The molecule has 6 heteroatoms. The van der Waals surface area contributed by atoms with E-state index in [1.165, 1.54) is 13.1 Å². The first-order chi connectivity index (χ1) is 9.51. The Labute approximate surface area is 118 Å². The van der Waals surface area contributed by atoms with Gasteiger partial charge in [-0.2, -0.15) is 0 Å². The smallest absolute Gasteiger partial charge is 0.277 e. The Balaban J connectivity index is 2.72. The first-order valence-electron chi connectivity index (χ1n) is 6.13. The topological polar surface area (TPSA) is 84.7 Å². The maximum atomic E-state index is 12.2. The van der Waals surface area contributed by atoms with Gasteiger partial charge in [-0.1, -0.05) is 18.7 Å². The molecule has 0 radical (unpaired) electrons. The summed E-state index contributed by atoms with van der Waals surface area (Å²) in [4.78, 5) is 28.5. The molecule has 0 fully saturated rings. The van der Waals surface area contributed by atoms with Crippen molar-refractivity contribution in [2.45, 2.75) is 6.42 Å². The van der Waals surface area contributed by atoms with Crippen LogP contribution in [0.3, 0.4) is 0 Å². The minimum absolute atomic E-state index is 0.119. The van der Waals surface area contributed by atoms with Crippen LogP contribution in [0.1, 0.15) is 22.3 Å². The molecule has 0 saturated carbocycles. The number of nitrogens with one attached hydrogen (secondary N) is 1. The molecule has 1 rings (SSSR count). The summed E-state index contributed by atoms with van der Waals surface area (Å²) < 4.78 is 0. The first-order valence-corrected chi connectivity index (χ1v) is 6.13. The fourth-order valence-corrected chi connectivity index (χ4v) is 1.63. The molecule has 0 saturated heterocycles.